The molecule has 170 valence electrons. The van der Waals surface area contributed by atoms with E-state index in [2.05, 4.69) is 4.90 Å². The lowest BCUT2D eigenvalue weighted by molar-refractivity contribution is -0.132. The van der Waals surface area contributed by atoms with Gasteiger partial charge in [0.1, 0.15) is 17.6 Å². The van der Waals surface area contributed by atoms with Gasteiger partial charge in [0, 0.05) is 38.3 Å². The largest absolute Gasteiger partial charge is 0.495 e. The Kier molecular flexibility index (Phi) is 6.71. The lowest BCUT2D eigenvalue weighted by Gasteiger charge is -2.35. The van der Waals surface area contributed by atoms with Crippen molar-refractivity contribution in [2.75, 3.05) is 39.8 Å². The van der Waals surface area contributed by atoms with E-state index in [4.69, 9.17) is 14.4 Å². The maximum absolute atomic E-state index is 14.3. The molecule has 3 aromatic rings. The van der Waals surface area contributed by atoms with Crippen molar-refractivity contribution < 1.29 is 18.3 Å². The Morgan fingerprint density at radius 2 is 1.97 bits per heavy atom. The number of hydrogen-bond donors (Lipinski definition) is 0. The van der Waals surface area contributed by atoms with E-state index in [0.717, 1.165) is 43.1 Å². The number of fused-ring (bicyclic) bond motifs is 1. The van der Waals surface area contributed by atoms with Crippen molar-refractivity contribution in [2.24, 2.45) is 0 Å². The molecule has 1 aliphatic heterocycles. The van der Waals surface area contributed by atoms with E-state index < -0.39 is 5.82 Å². The first-order valence-corrected chi connectivity index (χ1v) is 10.8. The van der Waals surface area contributed by atoms with Gasteiger partial charge in [-0.25, -0.2) is 9.18 Å². The van der Waals surface area contributed by atoms with E-state index in [1.807, 2.05) is 18.2 Å². The number of hydrogen-bond acceptors (Lipinski definition) is 6. The Bertz CT molecular complexity index is 1270. The molecular weight excluding hydrogens is 425 g/mol. The molecule has 0 saturated carbocycles. The van der Waals surface area contributed by atoms with Crippen LogP contribution in [0.15, 0.2) is 51.9 Å². The quantitative estimate of drug-likeness (QED) is 0.575. The first kappa shape index (κ1) is 22.5. The number of nitriles is 1. The summed E-state index contributed by atoms with van der Waals surface area (Å²) in [5, 5.41) is 10.5. The number of ether oxygens (including phenoxy) is 1. The minimum atomic E-state index is -0.576. The van der Waals surface area contributed by atoms with E-state index in [0.29, 0.717) is 18.5 Å². The predicted octanol–water partition coefficient (Wildman–Crippen LogP) is 2.74. The van der Waals surface area contributed by atoms with Crippen molar-refractivity contribution in [2.45, 2.75) is 12.8 Å². The molecule has 0 spiro atoms. The minimum Gasteiger partial charge on any atom is -0.495 e. The van der Waals surface area contributed by atoms with E-state index in [1.54, 1.807) is 17.0 Å². The summed E-state index contributed by atoms with van der Waals surface area (Å²) in [6, 6.07) is 12.0. The van der Waals surface area contributed by atoms with Crippen LogP contribution in [0.5, 0.6) is 5.75 Å². The second-order valence-corrected chi connectivity index (χ2v) is 8.03. The molecule has 8 heteroatoms. The van der Waals surface area contributed by atoms with Crippen molar-refractivity contribution in [1.82, 2.24) is 9.80 Å². The molecule has 4 rings (SSSR count). The summed E-state index contributed by atoms with van der Waals surface area (Å²) in [5.41, 5.74) is 1.13. The van der Waals surface area contributed by atoms with Crippen LogP contribution in [0.1, 0.15) is 16.7 Å². The third-order valence-corrected chi connectivity index (χ3v) is 6.03. The van der Waals surface area contributed by atoms with Crippen LogP contribution in [-0.2, 0) is 17.6 Å². The molecule has 0 atom stereocenters. The highest BCUT2D eigenvalue weighted by Crippen LogP contribution is 2.23. The lowest BCUT2D eigenvalue weighted by atomic mass is 10.1. The fourth-order valence-electron chi connectivity index (χ4n) is 4.09. The summed E-state index contributed by atoms with van der Waals surface area (Å²) in [5.74, 6) is -0.456. The molecule has 33 heavy (non-hydrogen) atoms. The normalized spacial score (nSPS) is 14.3. The molecule has 0 N–H and O–H groups in total. The Labute approximate surface area is 190 Å². The number of methoxy groups -OCH3 is 1. The molecule has 1 amide bonds. The molecule has 1 aliphatic rings. The number of benzene rings is 2. The van der Waals surface area contributed by atoms with Gasteiger partial charge in [-0.3, -0.25) is 9.69 Å². The number of carbonyl (C=O) groups excluding carboxylic acids is 1. The molecule has 0 radical (unpaired) electrons. The Morgan fingerprint density at radius 1 is 1.18 bits per heavy atom. The number of nitrogens with zero attached hydrogens (tertiary/aromatic N) is 3. The SMILES string of the molecule is COc1cc(CC(=O)N2CCN(CCc3ccc4c(=O)occc4c3)CC2)c(F)cc1C#N. The van der Waals surface area contributed by atoms with Crippen molar-refractivity contribution in [3.63, 3.8) is 0 Å². The zero-order chi connectivity index (χ0) is 23.4. The van der Waals surface area contributed by atoms with E-state index in [1.165, 1.54) is 19.4 Å². The first-order chi connectivity index (χ1) is 16.0. The second-order valence-electron chi connectivity index (χ2n) is 8.03. The van der Waals surface area contributed by atoms with E-state index >= 15 is 0 Å². The summed E-state index contributed by atoms with van der Waals surface area (Å²) in [6.45, 7) is 3.47. The molecule has 2 heterocycles. The molecular formula is C25H24FN3O4. The van der Waals surface area contributed by atoms with Gasteiger partial charge in [0.25, 0.3) is 0 Å². The van der Waals surface area contributed by atoms with Crippen molar-refractivity contribution in [3.8, 4) is 11.8 Å². The zero-order valence-electron chi connectivity index (χ0n) is 18.3. The van der Waals surface area contributed by atoms with Gasteiger partial charge in [0.15, 0.2) is 0 Å². The zero-order valence-corrected chi connectivity index (χ0v) is 18.3. The molecule has 0 bridgehead atoms. The van der Waals surface area contributed by atoms with Gasteiger partial charge in [-0.2, -0.15) is 5.26 Å². The third kappa shape index (κ3) is 5.04. The molecule has 0 aliphatic carbocycles. The minimum absolute atomic E-state index is 0.0705. The number of amides is 1. The number of piperazine rings is 1. The maximum Gasteiger partial charge on any atom is 0.343 e. The fourth-order valence-corrected chi connectivity index (χ4v) is 4.09. The van der Waals surface area contributed by atoms with Crippen LogP contribution in [-0.4, -0.2) is 55.5 Å². The van der Waals surface area contributed by atoms with Crippen LogP contribution in [0.25, 0.3) is 10.8 Å². The number of carbonyl (C=O) groups is 1. The molecule has 1 fully saturated rings. The second kappa shape index (κ2) is 9.84. The predicted molar refractivity (Wildman–Crippen MR) is 121 cm³/mol. The van der Waals surface area contributed by atoms with Crippen LogP contribution in [0.2, 0.25) is 0 Å². The Balaban J connectivity index is 1.30. The van der Waals surface area contributed by atoms with Gasteiger partial charge in [0.05, 0.1) is 30.7 Å². The standard InChI is InChI=1S/C25H24FN3O4/c1-32-23-14-19(22(26)13-20(23)16-27)15-24(30)29-9-7-28(8-10-29)6-4-17-2-3-21-18(12-17)5-11-33-25(21)31/h2-3,5,11-14H,4,6-10,15H2,1H3. The summed E-state index contributed by atoms with van der Waals surface area (Å²) < 4.78 is 24.3. The highest BCUT2D eigenvalue weighted by atomic mass is 19.1. The maximum atomic E-state index is 14.3. The number of halogens is 1. The fraction of sp³-hybridized carbons (Fsp3) is 0.320. The first-order valence-electron chi connectivity index (χ1n) is 10.8. The van der Waals surface area contributed by atoms with Crippen LogP contribution < -0.4 is 10.4 Å². The lowest BCUT2D eigenvalue weighted by Crippen LogP contribution is -2.49. The van der Waals surface area contributed by atoms with E-state index in [-0.39, 0.29) is 34.8 Å². The van der Waals surface area contributed by atoms with Crippen molar-refractivity contribution in [3.05, 3.63) is 75.6 Å². The van der Waals surface area contributed by atoms with Crippen LogP contribution in [0.4, 0.5) is 4.39 Å². The summed E-state index contributed by atoms with van der Waals surface area (Å²) >= 11 is 0. The molecule has 7 nitrogen and oxygen atoms in total. The highest BCUT2D eigenvalue weighted by molar-refractivity contribution is 5.81. The van der Waals surface area contributed by atoms with Gasteiger partial charge >= 0.3 is 5.63 Å². The average Bonchev–Trinajstić information content (AvgIpc) is 2.84. The molecule has 1 saturated heterocycles. The third-order valence-electron chi connectivity index (χ3n) is 6.03. The van der Waals surface area contributed by atoms with Crippen molar-refractivity contribution in [1.29, 1.82) is 5.26 Å². The van der Waals surface area contributed by atoms with Gasteiger partial charge in [0.2, 0.25) is 5.91 Å². The topological polar surface area (TPSA) is 86.8 Å². The summed E-state index contributed by atoms with van der Waals surface area (Å²) in [7, 11) is 1.41. The average molecular weight is 449 g/mol. The van der Waals surface area contributed by atoms with Gasteiger partial charge in [-0.05, 0) is 41.6 Å². The van der Waals surface area contributed by atoms with Gasteiger partial charge < -0.3 is 14.1 Å². The Hall–Kier alpha value is -3.70. The van der Waals surface area contributed by atoms with Crippen molar-refractivity contribution >= 4 is 16.7 Å². The van der Waals surface area contributed by atoms with Crippen LogP contribution in [0.3, 0.4) is 0 Å². The smallest absolute Gasteiger partial charge is 0.343 e. The monoisotopic (exact) mass is 449 g/mol. The summed E-state index contributed by atoms with van der Waals surface area (Å²) in [6.07, 6.45) is 2.17. The molecule has 2 aromatic carbocycles. The Morgan fingerprint density at radius 3 is 2.70 bits per heavy atom. The van der Waals surface area contributed by atoms with Crippen LogP contribution >= 0.6 is 0 Å². The van der Waals surface area contributed by atoms with Gasteiger partial charge in [-0.15, -0.1) is 0 Å². The highest BCUT2D eigenvalue weighted by Gasteiger charge is 2.22. The summed E-state index contributed by atoms with van der Waals surface area (Å²) in [4.78, 5) is 28.5. The number of rotatable bonds is 6. The van der Waals surface area contributed by atoms with E-state index in [9.17, 15) is 14.0 Å². The molecule has 1 aromatic heterocycles. The molecule has 0 unspecified atom stereocenters. The van der Waals surface area contributed by atoms with Crippen LogP contribution in [0, 0.1) is 17.1 Å². The van der Waals surface area contributed by atoms with Gasteiger partial charge in [-0.1, -0.05) is 12.1 Å².